The lowest BCUT2D eigenvalue weighted by Gasteiger charge is -2.17. The molecule has 0 saturated carbocycles. The van der Waals surface area contributed by atoms with Gasteiger partial charge in [-0.25, -0.2) is 0 Å². The number of carbonyl (C=O) groups excluding carboxylic acids is 1. The lowest BCUT2D eigenvalue weighted by molar-refractivity contribution is -0.119. The Balaban J connectivity index is 2.08. The van der Waals surface area contributed by atoms with Crippen molar-refractivity contribution >= 4 is 17.7 Å². The molecule has 0 radical (unpaired) electrons. The van der Waals surface area contributed by atoms with Crippen LogP contribution in [-0.4, -0.2) is 39.6 Å². The van der Waals surface area contributed by atoms with Gasteiger partial charge >= 0.3 is 0 Å². The third-order valence-electron chi connectivity index (χ3n) is 3.85. The van der Waals surface area contributed by atoms with Gasteiger partial charge in [-0.1, -0.05) is 25.6 Å². The highest BCUT2D eigenvalue weighted by atomic mass is 32.2. The maximum absolute atomic E-state index is 12.1. The van der Waals surface area contributed by atoms with E-state index in [9.17, 15) is 4.79 Å². The second kappa shape index (κ2) is 8.19. The van der Waals surface area contributed by atoms with E-state index in [1.54, 1.807) is 7.11 Å². The number of aryl methyl sites for hydroxylation is 1. The number of thioether (sulfide) groups is 1. The van der Waals surface area contributed by atoms with Gasteiger partial charge in [0.05, 0.1) is 12.9 Å². The number of hydrogen-bond acceptors (Lipinski definition) is 5. The van der Waals surface area contributed by atoms with Crippen LogP contribution in [0.15, 0.2) is 29.4 Å². The lowest BCUT2D eigenvalue weighted by Crippen LogP contribution is -2.37. The van der Waals surface area contributed by atoms with E-state index in [-0.39, 0.29) is 11.9 Å². The number of nitrogens with one attached hydrogen (secondary N) is 1. The quantitative estimate of drug-likeness (QED) is 0.779. The summed E-state index contributed by atoms with van der Waals surface area (Å²) in [5.74, 6) is 2.29. The molecule has 0 aliphatic heterocycles. The van der Waals surface area contributed by atoms with Crippen LogP contribution in [0.4, 0.5) is 0 Å². The average molecular weight is 348 g/mol. The van der Waals surface area contributed by atoms with Crippen molar-refractivity contribution in [3.63, 3.8) is 0 Å². The molecular formula is C17H24N4O2S. The molecule has 0 aliphatic rings. The Kier molecular flexibility index (Phi) is 6.25. The van der Waals surface area contributed by atoms with Crippen molar-refractivity contribution in [1.82, 2.24) is 20.1 Å². The molecule has 24 heavy (non-hydrogen) atoms. The monoisotopic (exact) mass is 348 g/mol. The normalized spacial score (nSPS) is 12.2. The Morgan fingerprint density at radius 3 is 2.50 bits per heavy atom. The summed E-state index contributed by atoms with van der Waals surface area (Å²) in [6.45, 7) is 8.07. The minimum Gasteiger partial charge on any atom is -0.497 e. The molecule has 1 heterocycles. The number of methoxy groups -OCH3 is 1. The highest BCUT2D eigenvalue weighted by Gasteiger charge is 2.15. The molecule has 0 spiro atoms. The Morgan fingerprint density at radius 2 is 1.92 bits per heavy atom. The van der Waals surface area contributed by atoms with E-state index in [1.165, 1.54) is 11.8 Å². The highest BCUT2D eigenvalue weighted by Crippen LogP contribution is 2.23. The number of carbonyl (C=O) groups is 1. The summed E-state index contributed by atoms with van der Waals surface area (Å²) < 4.78 is 7.12. The van der Waals surface area contributed by atoms with E-state index in [1.807, 2.05) is 42.7 Å². The second-order valence-corrected chi connectivity index (χ2v) is 6.89. The predicted octanol–water partition coefficient (Wildman–Crippen LogP) is 2.84. The van der Waals surface area contributed by atoms with Crippen LogP contribution < -0.4 is 10.1 Å². The van der Waals surface area contributed by atoms with Gasteiger partial charge in [0, 0.05) is 11.7 Å². The number of ether oxygens (including phenoxy) is 1. The van der Waals surface area contributed by atoms with E-state index < -0.39 is 0 Å². The first kappa shape index (κ1) is 18.3. The number of nitrogens with zero attached hydrogens (tertiary/aromatic N) is 3. The molecule has 2 rings (SSSR count). The average Bonchev–Trinajstić information content (AvgIpc) is 2.93. The minimum atomic E-state index is 0.00290. The first-order valence-corrected chi connectivity index (χ1v) is 8.89. The largest absolute Gasteiger partial charge is 0.497 e. The summed E-state index contributed by atoms with van der Waals surface area (Å²) in [5, 5.41) is 12.0. The highest BCUT2D eigenvalue weighted by molar-refractivity contribution is 7.99. The van der Waals surface area contributed by atoms with Gasteiger partial charge < -0.3 is 10.1 Å². The molecule has 0 fully saturated rings. The van der Waals surface area contributed by atoms with Crippen LogP contribution in [0.1, 0.15) is 26.6 Å². The van der Waals surface area contributed by atoms with Crippen molar-refractivity contribution in [2.24, 2.45) is 5.92 Å². The van der Waals surface area contributed by atoms with Crippen molar-refractivity contribution in [2.45, 2.75) is 38.9 Å². The summed E-state index contributed by atoms with van der Waals surface area (Å²) in [6, 6.07) is 7.82. The Bertz CT molecular complexity index is 682. The van der Waals surface area contributed by atoms with Crippen molar-refractivity contribution in [3.8, 4) is 11.4 Å². The molecule has 2 aromatic rings. The fraction of sp³-hybridized carbons (Fsp3) is 0.471. The van der Waals surface area contributed by atoms with Gasteiger partial charge in [-0.3, -0.25) is 9.36 Å². The molecule has 0 saturated heterocycles. The minimum absolute atomic E-state index is 0.00290. The van der Waals surface area contributed by atoms with Crippen molar-refractivity contribution in [2.75, 3.05) is 12.9 Å². The number of aromatic nitrogens is 3. The van der Waals surface area contributed by atoms with Crippen LogP contribution in [0, 0.1) is 12.8 Å². The predicted molar refractivity (Wildman–Crippen MR) is 95.8 cm³/mol. The standard InChI is InChI=1S/C17H24N4O2S/c1-11(2)12(3)18-16(22)10-24-17-20-19-13(4)21(17)14-6-8-15(23-5)9-7-14/h6-9,11-12H,10H2,1-5H3,(H,18,22). The van der Waals surface area contributed by atoms with Gasteiger partial charge in [-0.2, -0.15) is 0 Å². The van der Waals surface area contributed by atoms with Gasteiger partial charge in [0.15, 0.2) is 5.16 Å². The Labute approximate surface area is 147 Å². The van der Waals surface area contributed by atoms with Crippen LogP contribution in [0.3, 0.4) is 0 Å². The van der Waals surface area contributed by atoms with Crippen molar-refractivity contribution in [3.05, 3.63) is 30.1 Å². The Morgan fingerprint density at radius 1 is 1.25 bits per heavy atom. The van der Waals surface area contributed by atoms with Crippen LogP contribution >= 0.6 is 11.8 Å². The fourth-order valence-electron chi connectivity index (χ4n) is 2.06. The molecule has 1 aromatic carbocycles. The molecule has 1 N–H and O–H groups in total. The zero-order valence-electron chi connectivity index (χ0n) is 14.7. The lowest BCUT2D eigenvalue weighted by atomic mass is 10.1. The van der Waals surface area contributed by atoms with Crippen LogP contribution in [0.25, 0.3) is 5.69 Å². The molecule has 130 valence electrons. The summed E-state index contributed by atoms with van der Waals surface area (Å²) >= 11 is 1.38. The van der Waals surface area contributed by atoms with Crippen LogP contribution in [0.5, 0.6) is 5.75 Å². The SMILES string of the molecule is COc1ccc(-n2c(C)nnc2SCC(=O)NC(C)C(C)C)cc1. The zero-order chi connectivity index (χ0) is 17.7. The number of hydrogen-bond donors (Lipinski definition) is 1. The number of amides is 1. The first-order valence-electron chi connectivity index (χ1n) is 7.91. The molecule has 0 aliphatic carbocycles. The third kappa shape index (κ3) is 4.50. The van der Waals surface area contributed by atoms with Crippen molar-refractivity contribution < 1.29 is 9.53 Å². The van der Waals surface area contributed by atoms with Gasteiger partial charge in [0.25, 0.3) is 0 Å². The summed E-state index contributed by atoms with van der Waals surface area (Å²) in [6.07, 6.45) is 0. The van der Waals surface area contributed by atoms with Crippen molar-refractivity contribution in [1.29, 1.82) is 0 Å². The molecule has 7 heteroatoms. The molecule has 1 atom stereocenters. The fourth-order valence-corrected chi connectivity index (χ4v) is 2.87. The maximum atomic E-state index is 12.1. The molecule has 0 bridgehead atoms. The zero-order valence-corrected chi connectivity index (χ0v) is 15.6. The van der Waals surface area contributed by atoms with E-state index in [4.69, 9.17) is 4.74 Å². The molecule has 1 aromatic heterocycles. The number of benzene rings is 1. The molecule has 1 amide bonds. The second-order valence-electron chi connectivity index (χ2n) is 5.95. The van der Waals surface area contributed by atoms with Gasteiger partial charge in [0.2, 0.25) is 5.91 Å². The maximum Gasteiger partial charge on any atom is 0.230 e. The van der Waals surface area contributed by atoms with Gasteiger partial charge in [-0.05, 0) is 44.0 Å². The third-order valence-corrected chi connectivity index (χ3v) is 4.78. The summed E-state index contributed by atoms with van der Waals surface area (Å²) in [7, 11) is 1.64. The van der Waals surface area contributed by atoms with Crippen LogP contribution in [0.2, 0.25) is 0 Å². The van der Waals surface area contributed by atoms with E-state index in [2.05, 4.69) is 29.4 Å². The van der Waals surface area contributed by atoms with Gasteiger partial charge in [-0.15, -0.1) is 10.2 Å². The number of rotatable bonds is 7. The summed E-state index contributed by atoms with van der Waals surface area (Å²) in [4.78, 5) is 12.1. The van der Waals surface area contributed by atoms with E-state index in [0.717, 1.165) is 17.3 Å². The molecular weight excluding hydrogens is 324 g/mol. The van der Waals surface area contributed by atoms with E-state index in [0.29, 0.717) is 16.8 Å². The smallest absolute Gasteiger partial charge is 0.230 e. The van der Waals surface area contributed by atoms with E-state index >= 15 is 0 Å². The molecule has 6 nitrogen and oxygen atoms in total. The summed E-state index contributed by atoms with van der Waals surface area (Å²) in [5.41, 5.74) is 0.941. The van der Waals surface area contributed by atoms with Gasteiger partial charge in [0.1, 0.15) is 11.6 Å². The first-order chi connectivity index (χ1) is 11.4. The Hall–Kier alpha value is -2.02. The van der Waals surface area contributed by atoms with Crippen LogP contribution in [-0.2, 0) is 4.79 Å². The topological polar surface area (TPSA) is 69.0 Å². The molecule has 1 unspecified atom stereocenters.